The zero-order valence-electron chi connectivity index (χ0n) is 4.72. The lowest BCUT2D eigenvalue weighted by atomic mass is 10.7. The van der Waals surface area contributed by atoms with E-state index in [2.05, 4.69) is 20.9 Å². The number of hydrogen-bond donors (Lipinski definition) is 0. The molecule has 5 heteroatoms. The van der Waals surface area contributed by atoms with Crippen molar-refractivity contribution in [2.24, 2.45) is 0 Å². The summed E-state index contributed by atoms with van der Waals surface area (Å²) in [4.78, 5) is 20.3. The van der Waals surface area contributed by atoms with Gasteiger partial charge in [0.25, 0.3) is 0 Å². The molecule has 0 aliphatic heterocycles. The van der Waals surface area contributed by atoms with Gasteiger partial charge in [-0.2, -0.15) is 0 Å². The Bertz CT molecular complexity index is 122. The van der Waals surface area contributed by atoms with Gasteiger partial charge in [0.1, 0.15) is 11.9 Å². The van der Waals surface area contributed by atoms with Crippen LogP contribution in [0.1, 0.15) is 6.92 Å². The van der Waals surface area contributed by atoms with Gasteiger partial charge in [0, 0.05) is 0 Å². The van der Waals surface area contributed by atoms with E-state index in [-0.39, 0.29) is 6.61 Å². The van der Waals surface area contributed by atoms with Crippen molar-refractivity contribution in [1.82, 2.24) is 0 Å². The predicted molar refractivity (Wildman–Crippen MR) is 28.6 cm³/mol. The molecule has 0 aromatic carbocycles. The van der Waals surface area contributed by atoms with E-state index in [0.717, 1.165) is 0 Å². The van der Waals surface area contributed by atoms with Crippen LogP contribution in [0.3, 0.4) is 0 Å². The van der Waals surface area contributed by atoms with E-state index in [9.17, 15) is 9.59 Å². The maximum Gasteiger partial charge on any atom is 0.435 e. The van der Waals surface area contributed by atoms with Gasteiger partial charge in [0.2, 0.25) is 0 Å². The van der Waals surface area contributed by atoms with Crippen molar-refractivity contribution in [3.05, 3.63) is 0 Å². The van der Waals surface area contributed by atoms with Crippen LogP contribution in [-0.4, -0.2) is 18.5 Å². The van der Waals surface area contributed by atoms with Crippen LogP contribution in [0.15, 0.2) is 0 Å². The first kappa shape index (κ1) is 8.23. The Morgan fingerprint density at radius 3 is 2.33 bits per heavy atom. The third kappa shape index (κ3) is 2.92. The average Bonchev–Trinajstić information content (AvgIpc) is 1.87. The molecule has 52 valence electrons. The minimum Gasteiger partial charge on any atom is -0.458 e. The molecular weight excluding hydrogens is 147 g/mol. The van der Waals surface area contributed by atoms with E-state index in [1.165, 1.54) is 0 Å². The van der Waals surface area contributed by atoms with Crippen molar-refractivity contribution in [1.29, 1.82) is 0 Å². The fourth-order valence-corrected chi connectivity index (χ4v) is 0.285. The van der Waals surface area contributed by atoms with Gasteiger partial charge in [0.15, 0.2) is 0 Å². The number of hydrogen-bond acceptors (Lipinski definition) is 4. The molecule has 4 nitrogen and oxygen atoms in total. The number of carbonyl (C=O) groups is 2. The first-order chi connectivity index (χ1) is 4.22. The van der Waals surface area contributed by atoms with Gasteiger partial charge in [-0.25, -0.2) is 9.59 Å². The van der Waals surface area contributed by atoms with E-state index >= 15 is 0 Å². The Kier molecular flexibility index (Phi) is 3.79. The molecule has 0 spiro atoms. The molecule has 0 bridgehead atoms. The van der Waals surface area contributed by atoms with Gasteiger partial charge in [-0.3, -0.25) is 0 Å². The lowest BCUT2D eigenvalue weighted by Crippen LogP contribution is -2.16. The van der Waals surface area contributed by atoms with E-state index in [1.54, 1.807) is 6.92 Å². The Hall–Kier alpha value is -0.770. The molecule has 0 amide bonds. The SMILES string of the molecule is CCOC(=O)C(=O)OCl. The number of esters is 1. The molecule has 0 saturated carbocycles. The van der Waals surface area contributed by atoms with Gasteiger partial charge >= 0.3 is 11.9 Å². The Morgan fingerprint density at radius 2 is 2.00 bits per heavy atom. The summed E-state index contributed by atoms with van der Waals surface area (Å²) in [7, 11) is 0. The van der Waals surface area contributed by atoms with Crippen molar-refractivity contribution in [2.75, 3.05) is 6.61 Å². The minimum absolute atomic E-state index is 0.130. The second-order valence-corrected chi connectivity index (χ2v) is 1.24. The summed E-state index contributed by atoms with van der Waals surface area (Å²) in [5, 5.41) is 0. The van der Waals surface area contributed by atoms with Crippen LogP contribution in [0.25, 0.3) is 0 Å². The Morgan fingerprint density at radius 1 is 1.44 bits per heavy atom. The van der Waals surface area contributed by atoms with E-state index in [0.29, 0.717) is 0 Å². The highest BCUT2D eigenvalue weighted by molar-refractivity contribution is 6.35. The van der Waals surface area contributed by atoms with Crippen molar-refractivity contribution >= 4 is 23.8 Å². The molecule has 0 unspecified atom stereocenters. The zero-order chi connectivity index (χ0) is 7.28. The highest BCUT2D eigenvalue weighted by Gasteiger charge is 2.15. The van der Waals surface area contributed by atoms with Gasteiger partial charge in [-0.15, -0.1) is 0 Å². The van der Waals surface area contributed by atoms with Crippen molar-refractivity contribution in [3.8, 4) is 0 Å². The fourth-order valence-electron chi connectivity index (χ4n) is 0.222. The molecule has 0 saturated heterocycles. The second kappa shape index (κ2) is 4.14. The van der Waals surface area contributed by atoms with Crippen LogP contribution in [-0.2, 0) is 18.6 Å². The molecule has 0 heterocycles. The fraction of sp³-hybridized carbons (Fsp3) is 0.500. The second-order valence-electron chi connectivity index (χ2n) is 1.09. The standard InChI is InChI=1S/C4H5ClO4/c1-2-8-3(6)4(7)9-5/h2H2,1H3. The van der Waals surface area contributed by atoms with Gasteiger partial charge in [-0.1, -0.05) is 0 Å². The molecule has 0 aliphatic carbocycles. The summed E-state index contributed by atoms with van der Waals surface area (Å²) in [5.41, 5.74) is 0. The third-order valence-electron chi connectivity index (χ3n) is 0.512. The van der Waals surface area contributed by atoms with Crippen molar-refractivity contribution in [3.63, 3.8) is 0 Å². The predicted octanol–water partition coefficient (Wildman–Crippen LogP) is 0.246. The molecule has 0 radical (unpaired) electrons. The van der Waals surface area contributed by atoms with Gasteiger partial charge in [0.05, 0.1) is 6.61 Å². The highest BCUT2D eigenvalue weighted by Crippen LogP contribution is 1.86. The molecule has 0 atom stereocenters. The largest absolute Gasteiger partial charge is 0.458 e. The maximum absolute atomic E-state index is 10.2. The van der Waals surface area contributed by atoms with Crippen molar-refractivity contribution in [2.45, 2.75) is 6.92 Å². The summed E-state index contributed by atoms with van der Waals surface area (Å²) in [6.45, 7) is 1.70. The number of halogens is 1. The number of ether oxygens (including phenoxy) is 1. The minimum atomic E-state index is -1.20. The van der Waals surface area contributed by atoms with Crippen LogP contribution in [0.4, 0.5) is 0 Å². The normalized spacial score (nSPS) is 8.22. The van der Waals surface area contributed by atoms with Gasteiger partial charge < -0.3 is 9.03 Å². The van der Waals surface area contributed by atoms with Gasteiger partial charge in [-0.05, 0) is 6.92 Å². The molecule has 0 N–H and O–H groups in total. The monoisotopic (exact) mass is 152 g/mol. The molecule has 0 fully saturated rings. The van der Waals surface area contributed by atoms with Crippen LogP contribution in [0.2, 0.25) is 0 Å². The van der Waals surface area contributed by atoms with Crippen LogP contribution < -0.4 is 0 Å². The maximum atomic E-state index is 10.2. The van der Waals surface area contributed by atoms with Crippen LogP contribution in [0.5, 0.6) is 0 Å². The molecule has 0 aromatic heterocycles. The number of carbonyl (C=O) groups excluding carboxylic acids is 2. The van der Waals surface area contributed by atoms with E-state index in [4.69, 9.17) is 0 Å². The molecule has 0 rings (SSSR count). The number of rotatable bonds is 1. The van der Waals surface area contributed by atoms with Crippen LogP contribution in [0, 0.1) is 0 Å². The van der Waals surface area contributed by atoms with Crippen molar-refractivity contribution < 1.29 is 18.6 Å². The molecule has 9 heavy (non-hydrogen) atoms. The quantitative estimate of drug-likeness (QED) is 0.399. The molecule has 0 aliphatic rings. The average molecular weight is 153 g/mol. The Balaban J connectivity index is 3.60. The zero-order valence-corrected chi connectivity index (χ0v) is 5.47. The Labute approximate surface area is 56.9 Å². The van der Waals surface area contributed by atoms with E-state index in [1.807, 2.05) is 0 Å². The lowest BCUT2D eigenvalue weighted by molar-refractivity contribution is -0.161. The first-order valence-corrected chi connectivity index (χ1v) is 2.53. The smallest absolute Gasteiger partial charge is 0.435 e. The highest BCUT2D eigenvalue weighted by atomic mass is 35.5. The topological polar surface area (TPSA) is 52.6 Å². The summed E-state index contributed by atoms with van der Waals surface area (Å²) in [6.07, 6.45) is 0. The first-order valence-electron chi connectivity index (χ1n) is 2.22. The molecular formula is C4H5ClO4. The van der Waals surface area contributed by atoms with E-state index < -0.39 is 11.9 Å². The lowest BCUT2D eigenvalue weighted by Gasteiger charge is -1.94. The molecule has 0 aromatic rings. The third-order valence-corrected chi connectivity index (χ3v) is 0.652. The summed E-state index contributed by atoms with van der Waals surface area (Å²) in [5.74, 6) is -2.27. The summed E-state index contributed by atoms with van der Waals surface area (Å²) >= 11 is 4.53. The summed E-state index contributed by atoms with van der Waals surface area (Å²) < 4.78 is 7.72. The summed E-state index contributed by atoms with van der Waals surface area (Å²) in [6, 6.07) is 0. The van der Waals surface area contributed by atoms with Crippen LogP contribution >= 0.6 is 11.9 Å².